The molecule has 1 aromatic heterocycles. The molecule has 1 N–H and O–H groups in total. The first-order chi connectivity index (χ1) is 13.1. The molecule has 0 aliphatic carbocycles. The van der Waals surface area contributed by atoms with Crippen molar-refractivity contribution in [3.63, 3.8) is 0 Å². The van der Waals surface area contributed by atoms with E-state index < -0.39 is 0 Å². The number of aliphatic hydroxyl groups is 1. The number of hydrogen-bond donors (Lipinski definition) is 1. The number of piperidine rings is 1. The highest BCUT2D eigenvalue weighted by Gasteiger charge is 2.48. The standard InChI is InChI=1S/C21H28N4O2/c1-23-13-18(11-22-23)20(27)25-9-7-21(8-10-25)16-24(14-19(21)15-26)12-17-5-3-2-4-6-17/h2-6,11,13,19,26H,7-10,12,14-16H2,1H3. The van der Waals surface area contributed by atoms with Crippen LogP contribution in [0.5, 0.6) is 0 Å². The van der Waals surface area contributed by atoms with Crippen molar-refractivity contribution >= 4 is 5.91 Å². The minimum Gasteiger partial charge on any atom is -0.396 e. The molecule has 0 bridgehead atoms. The highest BCUT2D eigenvalue weighted by molar-refractivity contribution is 5.93. The van der Waals surface area contributed by atoms with Crippen LogP contribution in [0.15, 0.2) is 42.7 Å². The zero-order chi connectivity index (χ0) is 18.9. The van der Waals surface area contributed by atoms with E-state index in [1.165, 1.54) is 5.56 Å². The van der Waals surface area contributed by atoms with Gasteiger partial charge >= 0.3 is 0 Å². The molecule has 1 amide bonds. The lowest BCUT2D eigenvalue weighted by atomic mass is 9.71. The van der Waals surface area contributed by atoms with Crippen LogP contribution in [0.4, 0.5) is 0 Å². The van der Waals surface area contributed by atoms with Crippen LogP contribution in [-0.4, -0.2) is 63.4 Å². The van der Waals surface area contributed by atoms with Crippen LogP contribution < -0.4 is 0 Å². The van der Waals surface area contributed by atoms with Gasteiger partial charge in [-0.1, -0.05) is 30.3 Å². The molecule has 1 unspecified atom stereocenters. The van der Waals surface area contributed by atoms with Crippen molar-refractivity contribution in [2.75, 3.05) is 32.8 Å². The van der Waals surface area contributed by atoms with Crippen molar-refractivity contribution in [1.82, 2.24) is 19.6 Å². The largest absolute Gasteiger partial charge is 0.396 e. The number of likely N-dealkylation sites (tertiary alicyclic amines) is 2. The number of aryl methyl sites for hydroxylation is 1. The Morgan fingerprint density at radius 3 is 2.63 bits per heavy atom. The molecule has 1 aromatic carbocycles. The van der Waals surface area contributed by atoms with Crippen LogP contribution in [0, 0.1) is 11.3 Å². The lowest BCUT2D eigenvalue weighted by molar-refractivity contribution is 0.0401. The average Bonchev–Trinajstić information content (AvgIpc) is 3.26. The van der Waals surface area contributed by atoms with E-state index in [1.54, 1.807) is 17.1 Å². The fraction of sp³-hybridized carbons (Fsp3) is 0.524. The zero-order valence-corrected chi connectivity index (χ0v) is 15.9. The third kappa shape index (κ3) is 3.64. The summed E-state index contributed by atoms with van der Waals surface area (Å²) in [4.78, 5) is 17.1. The van der Waals surface area contributed by atoms with Gasteiger partial charge in [0.05, 0.1) is 11.8 Å². The van der Waals surface area contributed by atoms with E-state index in [0.717, 1.165) is 45.6 Å². The number of hydrogen-bond acceptors (Lipinski definition) is 4. The van der Waals surface area contributed by atoms with Crippen LogP contribution >= 0.6 is 0 Å². The SMILES string of the molecule is Cn1cc(C(=O)N2CCC3(CC2)CN(Cc2ccccc2)CC3CO)cn1. The average molecular weight is 368 g/mol. The second-order valence-corrected chi connectivity index (χ2v) is 8.09. The quantitative estimate of drug-likeness (QED) is 0.893. The van der Waals surface area contributed by atoms with E-state index in [9.17, 15) is 9.90 Å². The molecule has 0 saturated carbocycles. The van der Waals surface area contributed by atoms with Crippen molar-refractivity contribution in [3.8, 4) is 0 Å². The van der Waals surface area contributed by atoms with Gasteiger partial charge in [0.2, 0.25) is 0 Å². The molecule has 2 aliphatic rings. The Bertz CT molecular complexity index is 780. The smallest absolute Gasteiger partial charge is 0.257 e. The Labute approximate surface area is 160 Å². The number of benzene rings is 1. The summed E-state index contributed by atoms with van der Waals surface area (Å²) < 4.78 is 1.67. The number of amides is 1. The maximum atomic E-state index is 12.7. The van der Waals surface area contributed by atoms with E-state index in [0.29, 0.717) is 5.56 Å². The van der Waals surface area contributed by atoms with Crippen LogP contribution in [0.1, 0.15) is 28.8 Å². The van der Waals surface area contributed by atoms with E-state index >= 15 is 0 Å². The molecule has 3 heterocycles. The Balaban J connectivity index is 1.40. The van der Waals surface area contributed by atoms with Crippen molar-refractivity contribution in [2.24, 2.45) is 18.4 Å². The fourth-order valence-corrected chi connectivity index (χ4v) is 4.79. The molecule has 6 nitrogen and oxygen atoms in total. The first-order valence-corrected chi connectivity index (χ1v) is 9.75. The first kappa shape index (κ1) is 18.2. The zero-order valence-electron chi connectivity index (χ0n) is 15.9. The van der Waals surface area contributed by atoms with Gasteiger partial charge in [-0.05, 0) is 23.8 Å². The maximum Gasteiger partial charge on any atom is 0.257 e. The molecule has 2 aromatic rings. The van der Waals surface area contributed by atoms with Gasteiger partial charge in [-0.25, -0.2) is 0 Å². The highest BCUT2D eigenvalue weighted by Crippen LogP contribution is 2.45. The molecule has 4 rings (SSSR count). The monoisotopic (exact) mass is 368 g/mol. The minimum absolute atomic E-state index is 0.0673. The second kappa shape index (κ2) is 7.44. The molecular formula is C21H28N4O2. The third-order valence-corrected chi connectivity index (χ3v) is 6.35. The maximum absolute atomic E-state index is 12.7. The van der Waals surface area contributed by atoms with Crippen molar-refractivity contribution < 1.29 is 9.90 Å². The summed E-state index contributed by atoms with van der Waals surface area (Å²) in [6.07, 6.45) is 5.33. The molecule has 2 saturated heterocycles. The van der Waals surface area contributed by atoms with Gasteiger partial charge in [0.15, 0.2) is 0 Å². The number of aromatic nitrogens is 2. The summed E-state index contributed by atoms with van der Waals surface area (Å²) in [6.45, 7) is 4.59. The van der Waals surface area contributed by atoms with Gasteiger partial charge in [-0.3, -0.25) is 14.4 Å². The topological polar surface area (TPSA) is 61.6 Å². The predicted octanol–water partition coefficient (Wildman–Crippen LogP) is 1.77. The molecule has 6 heteroatoms. The molecule has 2 fully saturated rings. The number of aliphatic hydroxyl groups excluding tert-OH is 1. The number of nitrogens with zero attached hydrogens (tertiary/aromatic N) is 4. The summed E-state index contributed by atoms with van der Waals surface area (Å²) >= 11 is 0. The van der Waals surface area contributed by atoms with Gasteiger partial charge in [-0.2, -0.15) is 5.10 Å². The molecular weight excluding hydrogens is 340 g/mol. The molecule has 27 heavy (non-hydrogen) atoms. The first-order valence-electron chi connectivity index (χ1n) is 9.75. The van der Waals surface area contributed by atoms with Gasteiger partial charge in [0, 0.05) is 58.5 Å². The van der Waals surface area contributed by atoms with Crippen LogP contribution in [0.2, 0.25) is 0 Å². The van der Waals surface area contributed by atoms with Crippen LogP contribution in [0.3, 0.4) is 0 Å². The Hall–Kier alpha value is -2.18. The number of rotatable bonds is 4. The van der Waals surface area contributed by atoms with Gasteiger partial charge in [0.1, 0.15) is 0 Å². The molecule has 2 aliphatic heterocycles. The molecule has 1 atom stereocenters. The number of carbonyl (C=O) groups excluding carboxylic acids is 1. The number of carbonyl (C=O) groups is 1. The Morgan fingerprint density at radius 2 is 2.00 bits per heavy atom. The molecule has 144 valence electrons. The van der Waals surface area contributed by atoms with Crippen molar-refractivity contribution in [3.05, 3.63) is 53.9 Å². The van der Waals surface area contributed by atoms with E-state index in [4.69, 9.17) is 0 Å². The molecule has 0 radical (unpaired) electrons. The highest BCUT2D eigenvalue weighted by atomic mass is 16.3. The van der Waals surface area contributed by atoms with E-state index in [2.05, 4.69) is 34.3 Å². The Morgan fingerprint density at radius 1 is 1.26 bits per heavy atom. The Kier molecular flexibility index (Phi) is 5.02. The third-order valence-electron chi connectivity index (χ3n) is 6.35. The van der Waals surface area contributed by atoms with Gasteiger partial charge in [0.25, 0.3) is 5.91 Å². The van der Waals surface area contributed by atoms with Gasteiger partial charge in [-0.15, -0.1) is 0 Å². The van der Waals surface area contributed by atoms with Gasteiger partial charge < -0.3 is 10.0 Å². The summed E-state index contributed by atoms with van der Waals surface area (Å²) in [7, 11) is 1.83. The lowest BCUT2D eigenvalue weighted by Crippen LogP contribution is -2.47. The van der Waals surface area contributed by atoms with Crippen molar-refractivity contribution in [1.29, 1.82) is 0 Å². The predicted molar refractivity (Wildman–Crippen MR) is 103 cm³/mol. The second-order valence-electron chi connectivity index (χ2n) is 8.09. The summed E-state index contributed by atoms with van der Waals surface area (Å²) in [5, 5.41) is 14.1. The van der Waals surface area contributed by atoms with Crippen molar-refractivity contribution in [2.45, 2.75) is 19.4 Å². The summed E-state index contributed by atoms with van der Waals surface area (Å²) in [6, 6.07) is 10.5. The summed E-state index contributed by atoms with van der Waals surface area (Å²) in [5.74, 6) is 0.356. The van der Waals surface area contributed by atoms with Crippen LogP contribution in [0.25, 0.3) is 0 Å². The normalized spacial score (nSPS) is 22.4. The molecule has 1 spiro atoms. The lowest BCUT2D eigenvalue weighted by Gasteiger charge is -2.42. The van der Waals surface area contributed by atoms with E-state index in [-0.39, 0.29) is 23.8 Å². The summed E-state index contributed by atoms with van der Waals surface area (Å²) in [5.41, 5.74) is 2.09. The van der Waals surface area contributed by atoms with E-state index in [1.807, 2.05) is 18.0 Å². The van der Waals surface area contributed by atoms with Crippen LogP contribution in [-0.2, 0) is 13.6 Å². The fourth-order valence-electron chi connectivity index (χ4n) is 4.79. The minimum atomic E-state index is 0.0673.